The molecule has 7 aromatic heterocycles. The number of carbonyl (C=O) groups is 1. The Hall–Kier alpha value is -6.23. The van der Waals surface area contributed by atoms with E-state index >= 15 is 0 Å². The quantitative estimate of drug-likeness (QED) is 0.0945. The van der Waals surface area contributed by atoms with Gasteiger partial charge in [-0.2, -0.15) is 0 Å². The van der Waals surface area contributed by atoms with Gasteiger partial charge in [0, 0.05) is 93.3 Å². The van der Waals surface area contributed by atoms with Crippen molar-refractivity contribution in [3.8, 4) is 43.4 Å². The topological polar surface area (TPSA) is 201 Å². The molecule has 53 heavy (non-hydrogen) atoms. The van der Waals surface area contributed by atoms with Gasteiger partial charge >= 0.3 is 5.84 Å². The number of hydrogen-bond acceptors (Lipinski definition) is 14. The molecule has 0 aliphatic rings. The number of thiazole rings is 2. The number of halogens is 1. The third kappa shape index (κ3) is 11.1. The molecule has 0 spiro atoms. The predicted molar refractivity (Wildman–Crippen MR) is 209 cm³/mol. The van der Waals surface area contributed by atoms with Gasteiger partial charge in [-0.3, -0.25) is 25.9 Å². The maximum absolute atomic E-state index is 12.1. The smallest absolute Gasteiger partial charge is 0.309 e. The molecule has 7 aromatic rings. The first-order chi connectivity index (χ1) is 25.2. The van der Waals surface area contributed by atoms with Gasteiger partial charge in [0.25, 0.3) is 0 Å². The molecule has 0 aromatic carbocycles. The Morgan fingerprint density at radius 3 is 1.83 bits per heavy atom. The van der Waals surface area contributed by atoms with Crippen molar-refractivity contribution in [1.82, 2.24) is 54.7 Å². The fourth-order valence-corrected chi connectivity index (χ4v) is 6.24. The van der Waals surface area contributed by atoms with Crippen LogP contribution in [0.1, 0.15) is 26.9 Å². The average Bonchev–Trinajstić information content (AvgIpc) is 3.78. The fraction of sp³-hybridized carbons (Fsp3) is 0.111. The molecule has 7 heterocycles. The summed E-state index contributed by atoms with van der Waals surface area (Å²) in [5, 5.41) is 6.93. The van der Waals surface area contributed by atoms with Crippen molar-refractivity contribution < 1.29 is 10.2 Å². The van der Waals surface area contributed by atoms with E-state index in [1.54, 1.807) is 85.3 Å². The van der Waals surface area contributed by atoms with Crippen LogP contribution >= 0.6 is 35.1 Å². The normalized spacial score (nSPS) is 10.3. The molecule has 0 unspecified atom stereocenters. The monoisotopic (exact) mass is 764 g/mol. The zero-order valence-corrected chi connectivity index (χ0v) is 31.5. The number of hydrogen-bond donors (Lipinski definition) is 2. The lowest BCUT2D eigenvalue weighted by Gasteiger charge is -2.01. The second-order valence-corrected chi connectivity index (χ2v) is 12.9. The van der Waals surface area contributed by atoms with Crippen molar-refractivity contribution in [2.45, 2.75) is 13.8 Å². The standard InChI is InChI=1S/C17H12N6S.C14H15N3OS.C5H6N4.ClH/c1-11-14(24-17(22-11)12-4-2-6-18-10-12)13-5-9-21-16(23-13)15-19-7-3-8-20-15;1-10-13(12(18)6-8-17(2)3)19-14(16-10)11-5-4-7-15-9-11;6-4(7)5-8-2-1-3-9-5;/h2-10H,1H3;4-9H,1-3H3;1-3H,(H3,6,7);1H/p+1/b;8-6+;;. The Labute approximate surface area is 320 Å². The highest BCUT2D eigenvalue weighted by Gasteiger charge is 2.15. The van der Waals surface area contributed by atoms with Crippen molar-refractivity contribution in [2.24, 2.45) is 5.73 Å². The highest BCUT2D eigenvalue weighted by molar-refractivity contribution is 7.18. The Morgan fingerprint density at radius 2 is 1.28 bits per heavy atom. The highest BCUT2D eigenvalue weighted by atomic mass is 35.5. The summed E-state index contributed by atoms with van der Waals surface area (Å²) < 4.78 is 0. The molecule has 0 radical (unpaired) electrons. The second-order valence-electron chi connectivity index (χ2n) is 10.9. The summed E-state index contributed by atoms with van der Waals surface area (Å²) in [5.74, 6) is 1.53. The van der Waals surface area contributed by atoms with Crippen LogP contribution in [0.3, 0.4) is 0 Å². The minimum atomic E-state index is -0.0150. The third-order valence-electron chi connectivity index (χ3n) is 6.64. The number of aryl methyl sites for hydroxylation is 2. The van der Waals surface area contributed by atoms with Gasteiger partial charge in [-0.25, -0.2) is 39.9 Å². The van der Waals surface area contributed by atoms with Crippen molar-refractivity contribution in [2.75, 3.05) is 14.1 Å². The lowest BCUT2D eigenvalue weighted by molar-refractivity contribution is -0.114. The van der Waals surface area contributed by atoms with E-state index in [9.17, 15) is 4.79 Å². The number of nitrogens with two attached hydrogens (primary N) is 2. The number of pyridine rings is 2. The maximum atomic E-state index is 12.1. The molecule has 4 N–H and O–H groups in total. The average molecular weight is 765 g/mol. The first-order valence-electron chi connectivity index (χ1n) is 15.6. The molecular formula is C36H35ClN13OS2+. The molecule has 0 amide bonds. The molecule has 0 saturated carbocycles. The minimum absolute atomic E-state index is 0. The van der Waals surface area contributed by atoms with Gasteiger partial charge in [0.2, 0.25) is 5.82 Å². The van der Waals surface area contributed by atoms with E-state index in [0.717, 1.165) is 43.1 Å². The van der Waals surface area contributed by atoms with Gasteiger partial charge in [-0.1, -0.05) is 0 Å². The van der Waals surface area contributed by atoms with Gasteiger partial charge in [0.1, 0.15) is 10.0 Å². The van der Waals surface area contributed by atoms with Gasteiger partial charge in [0.15, 0.2) is 17.4 Å². The van der Waals surface area contributed by atoms with Crippen molar-refractivity contribution in [3.05, 3.63) is 133 Å². The number of amidine groups is 1. The van der Waals surface area contributed by atoms with E-state index in [-0.39, 0.29) is 24.0 Å². The molecule has 0 atom stereocenters. The van der Waals surface area contributed by atoms with Gasteiger partial charge in [-0.15, -0.1) is 35.1 Å². The van der Waals surface area contributed by atoms with Crippen LogP contribution in [0.5, 0.6) is 0 Å². The van der Waals surface area contributed by atoms with Crippen LogP contribution in [0.25, 0.3) is 43.4 Å². The Morgan fingerprint density at radius 1 is 0.717 bits per heavy atom. The van der Waals surface area contributed by atoms with E-state index in [0.29, 0.717) is 22.4 Å². The Kier molecular flexibility index (Phi) is 14.5. The van der Waals surface area contributed by atoms with Crippen LogP contribution in [0.4, 0.5) is 0 Å². The summed E-state index contributed by atoms with van der Waals surface area (Å²) in [6.07, 6.45) is 18.6. The van der Waals surface area contributed by atoms with Crippen molar-refractivity contribution >= 4 is 46.7 Å². The molecule has 7 rings (SSSR count). The Bertz CT molecular complexity index is 2250. The molecule has 0 fully saturated rings. The molecule has 268 valence electrons. The molecule has 17 heteroatoms. The molecule has 0 aliphatic heterocycles. The van der Waals surface area contributed by atoms with Crippen LogP contribution in [0, 0.1) is 13.8 Å². The Balaban J connectivity index is 0.000000193. The number of rotatable bonds is 8. The summed E-state index contributed by atoms with van der Waals surface area (Å²) in [6.45, 7) is 3.83. The largest absolute Gasteiger partial charge is 0.383 e. The molecule has 14 nitrogen and oxygen atoms in total. The van der Waals surface area contributed by atoms with Crippen LogP contribution in [0.15, 0.2) is 111 Å². The summed E-state index contributed by atoms with van der Waals surface area (Å²) in [5.41, 5.74) is 9.62. The van der Waals surface area contributed by atoms with E-state index in [1.807, 2.05) is 69.4 Å². The predicted octanol–water partition coefficient (Wildman–Crippen LogP) is 4.56. The van der Waals surface area contributed by atoms with Crippen LogP contribution in [0.2, 0.25) is 0 Å². The van der Waals surface area contributed by atoms with Gasteiger partial charge in [-0.05, 0) is 56.3 Å². The molecular weight excluding hydrogens is 730 g/mol. The van der Waals surface area contributed by atoms with E-state index in [2.05, 4.69) is 49.8 Å². The number of nitrogens with zero attached hydrogens (tertiary/aromatic N) is 11. The lowest BCUT2D eigenvalue weighted by Crippen LogP contribution is -2.47. The van der Waals surface area contributed by atoms with Crippen LogP contribution < -0.4 is 11.1 Å². The first kappa shape index (κ1) is 39.6. The molecule has 0 bridgehead atoms. The summed E-state index contributed by atoms with van der Waals surface area (Å²) in [7, 11) is 3.76. The van der Waals surface area contributed by atoms with E-state index in [4.69, 9.17) is 11.1 Å². The number of aromatic nitrogens is 10. The third-order valence-corrected chi connectivity index (χ3v) is 9.09. The first-order valence-corrected chi connectivity index (χ1v) is 17.2. The number of ketones is 1. The highest BCUT2D eigenvalue weighted by Crippen LogP contribution is 2.34. The summed E-state index contributed by atoms with van der Waals surface area (Å²) in [6, 6.07) is 13.0. The van der Waals surface area contributed by atoms with Crippen molar-refractivity contribution in [1.29, 1.82) is 0 Å². The number of carbonyl (C=O) groups excluding carboxylic acids is 1. The fourth-order valence-electron chi connectivity index (χ4n) is 4.23. The molecule has 0 saturated heterocycles. The minimum Gasteiger partial charge on any atom is -0.383 e. The van der Waals surface area contributed by atoms with E-state index < -0.39 is 0 Å². The zero-order chi connectivity index (χ0) is 36.9. The van der Waals surface area contributed by atoms with E-state index in [1.165, 1.54) is 11.3 Å². The van der Waals surface area contributed by atoms with Gasteiger partial charge < -0.3 is 4.90 Å². The lowest BCUT2D eigenvalue weighted by atomic mass is 10.2. The second kappa shape index (κ2) is 19.4. The zero-order valence-electron chi connectivity index (χ0n) is 29.1. The van der Waals surface area contributed by atoms with Gasteiger partial charge in [0.05, 0.1) is 26.8 Å². The van der Waals surface area contributed by atoms with Crippen LogP contribution in [-0.2, 0) is 0 Å². The van der Waals surface area contributed by atoms with Crippen molar-refractivity contribution in [3.63, 3.8) is 0 Å². The summed E-state index contributed by atoms with van der Waals surface area (Å²) >= 11 is 2.99. The molecule has 0 aliphatic carbocycles. The summed E-state index contributed by atoms with van der Waals surface area (Å²) in [4.78, 5) is 57.7. The number of allylic oxidation sites excluding steroid dienone is 1. The van der Waals surface area contributed by atoms with Crippen LogP contribution in [-0.4, -0.2) is 80.5 Å². The SMILES string of the molecule is Cc1nc(-c2cccnc2)sc1-c1ccnc(-c2ncccn2)n1.Cc1nc(-c2cccnc2)sc1C(=O)/C=C/N(C)C.Cl.NC(=[NH2+])c1ncccn1. The maximum Gasteiger partial charge on any atom is 0.309 e.